The number of methoxy groups -OCH3 is 2. The molecule has 35 heavy (non-hydrogen) atoms. The van der Waals surface area contributed by atoms with E-state index >= 15 is 0 Å². The van der Waals surface area contributed by atoms with Crippen molar-refractivity contribution in [3.8, 4) is 11.5 Å². The van der Waals surface area contributed by atoms with E-state index in [4.69, 9.17) is 14.2 Å². The van der Waals surface area contributed by atoms with Crippen molar-refractivity contribution in [2.24, 2.45) is 0 Å². The third-order valence-corrected chi connectivity index (χ3v) is 6.75. The molecule has 3 aromatic rings. The maximum atomic E-state index is 13.8. The van der Waals surface area contributed by atoms with Gasteiger partial charge in [-0.1, -0.05) is 36.4 Å². The third-order valence-electron chi connectivity index (χ3n) is 6.75. The molecule has 1 unspecified atom stereocenters. The first-order chi connectivity index (χ1) is 16.9. The summed E-state index contributed by atoms with van der Waals surface area (Å²) in [5.41, 5.74) is 4.66. The quantitative estimate of drug-likeness (QED) is 0.406. The predicted octanol–water partition coefficient (Wildman–Crippen LogP) is 5.95. The Morgan fingerprint density at radius 3 is 2.71 bits per heavy atom. The fourth-order valence-corrected chi connectivity index (χ4v) is 4.70. The lowest BCUT2D eigenvalue weighted by atomic mass is 9.82. The van der Waals surface area contributed by atoms with Crippen molar-refractivity contribution in [2.75, 3.05) is 20.8 Å². The van der Waals surface area contributed by atoms with Crippen molar-refractivity contribution < 1.29 is 23.4 Å². The van der Waals surface area contributed by atoms with E-state index in [1.54, 1.807) is 12.1 Å². The molecule has 1 heterocycles. The molecule has 0 amide bonds. The monoisotopic (exact) mass is 477 g/mol. The van der Waals surface area contributed by atoms with Crippen molar-refractivity contribution in [1.82, 2.24) is 5.32 Å². The summed E-state index contributed by atoms with van der Waals surface area (Å²) in [5, 5.41) is 3.52. The summed E-state index contributed by atoms with van der Waals surface area (Å²) in [6.07, 6.45) is 1.63. The fraction of sp³-hybridized carbons (Fsp3) is 0.345. The van der Waals surface area contributed by atoms with Gasteiger partial charge in [-0.05, 0) is 74.2 Å². The summed E-state index contributed by atoms with van der Waals surface area (Å²) < 4.78 is 30.2. The van der Waals surface area contributed by atoms with E-state index < -0.39 is 0 Å². The molecule has 0 radical (unpaired) electrons. The van der Waals surface area contributed by atoms with Crippen molar-refractivity contribution in [3.05, 3.63) is 94.3 Å². The van der Waals surface area contributed by atoms with Crippen LogP contribution in [0.3, 0.4) is 0 Å². The van der Waals surface area contributed by atoms with E-state index in [-0.39, 0.29) is 35.6 Å². The van der Waals surface area contributed by atoms with E-state index in [9.17, 15) is 9.18 Å². The molecular weight excluding hydrogens is 445 g/mol. The molecule has 184 valence electrons. The van der Waals surface area contributed by atoms with Gasteiger partial charge in [-0.15, -0.1) is 0 Å². The zero-order chi connectivity index (χ0) is 24.9. The Morgan fingerprint density at radius 2 is 1.94 bits per heavy atom. The molecule has 3 atom stereocenters. The molecule has 3 aromatic carbocycles. The number of carbonyl (C=O) groups is 1. The minimum Gasteiger partial charge on any atom is -0.494 e. The second-order valence-electron chi connectivity index (χ2n) is 8.99. The van der Waals surface area contributed by atoms with Gasteiger partial charge in [-0.3, -0.25) is 0 Å². The number of fused-ring (bicyclic) bond motifs is 1. The van der Waals surface area contributed by atoms with Crippen LogP contribution in [-0.2, 0) is 4.74 Å². The van der Waals surface area contributed by atoms with Gasteiger partial charge < -0.3 is 19.5 Å². The molecule has 0 saturated heterocycles. The van der Waals surface area contributed by atoms with Gasteiger partial charge in [0.1, 0.15) is 11.9 Å². The highest BCUT2D eigenvalue weighted by atomic mass is 19.1. The summed E-state index contributed by atoms with van der Waals surface area (Å²) >= 11 is 0. The molecule has 1 aliphatic heterocycles. The molecule has 4 rings (SSSR count). The predicted molar refractivity (Wildman–Crippen MR) is 134 cm³/mol. The normalized spacial score (nSPS) is 17.7. The van der Waals surface area contributed by atoms with Gasteiger partial charge in [0.05, 0.1) is 19.8 Å². The summed E-state index contributed by atoms with van der Waals surface area (Å²) in [6.45, 7) is 4.70. The molecule has 0 saturated carbocycles. The SMILES string of the molecule is COC(=O)c1cc([C@@H]2C[C@H](CCNC(C)c3ccc(F)c(OC)c3)Oc3ccccc32)ccc1C. The van der Waals surface area contributed by atoms with Crippen LogP contribution in [0.2, 0.25) is 0 Å². The van der Waals surface area contributed by atoms with Crippen molar-refractivity contribution in [3.63, 3.8) is 0 Å². The van der Waals surface area contributed by atoms with Gasteiger partial charge in [-0.25, -0.2) is 9.18 Å². The van der Waals surface area contributed by atoms with Gasteiger partial charge in [0.15, 0.2) is 11.6 Å². The van der Waals surface area contributed by atoms with Crippen molar-refractivity contribution in [1.29, 1.82) is 0 Å². The van der Waals surface area contributed by atoms with Gasteiger partial charge in [-0.2, -0.15) is 0 Å². The Balaban J connectivity index is 1.48. The van der Waals surface area contributed by atoms with Crippen LogP contribution in [-0.4, -0.2) is 32.8 Å². The maximum Gasteiger partial charge on any atom is 0.338 e. The van der Waals surface area contributed by atoms with Gasteiger partial charge in [0, 0.05) is 17.5 Å². The van der Waals surface area contributed by atoms with E-state index in [2.05, 4.69) is 17.4 Å². The van der Waals surface area contributed by atoms with Crippen LogP contribution in [0.25, 0.3) is 0 Å². The van der Waals surface area contributed by atoms with E-state index in [0.29, 0.717) is 5.56 Å². The number of para-hydroxylation sites is 1. The molecule has 0 fully saturated rings. The highest BCUT2D eigenvalue weighted by Crippen LogP contribution is 2.41. The molecule has 0 spiro atoms. The molecule has 0 bridgehead atoms. The number of ether oxygens (including phenoxy) is 3. The number of hydrogen-bond donors (Lipinski definition) is 1. The number of aryl methyl sites for hydroxylation is 1. The Bertz CT molecular complexity index is 1200. The van der Waals surface area contributed by atoms with E-state index in [1.807, 2.05) is 44.2 Å². The van der Waals surface area contributed by atoms with Crippen LogP contribution in [0.4, 0.5) is 4.39 Å². The largest absolute Gasteiger partial charge is 0.494 e. The van der Waals surface area contributed by atoms with Crippen LogP contribution in [0.15, 0.2) is 60.7 Å². The van der Waals surface area contributed by atoms with Crippen LogP contribution < -0.4 is 14.8 Å². The second-order valence-corrected chi connectivity index (χ2v) is 8.99. The zero-order valence-corrected chi connectivity index (χ0v) is 20.6. The number of rotatable bonds is 8. The van der Waals surface area contributed by atoms with E-state index in [1.165, 1.54) is 20.3 Å². The molecule has 1 aliphatic rings. The summed E-state index contributed by atoms with van der Waals surface area (Å²) in [6, 6.07) is 19.1. The fourth-order valence-electron chi connectivity index (χ4n) is 4.70. The Kier molecular flexibility index (Phi) is 7.71. The summed E-state index contributed by atoms with van der Waals surface area (Å²) in [7, 11) is 2.88. The van der Waals surface area contributed by atoms with Crippen LogP contribution in [0, 0.1) is 12.7 Å². The topological polar surface area (TPSA) is 56.8 Å². The minimum absolute atomic E-state index is 0.0141. The van der Waals surface area contributed by atoms with Crippen LogP contribution >= 0.6 is 0 Å². The van der Waals surface area contributed by atoms with Crippen LogP contribution in [0.5, 0.6) is 11.5 Å². The third kappa shape index (κ3) is 5.49. The first kappa shape index (κ1) is 24.7. The summed E-state index contributed by atoms with van der Waals surface area (Å²) in [4.78, 5) is 12.3. The lowest BCUT2D eigenvalue weighted by molar-refractivity contribution is 0.0599. The number of benzene rings is 3. The molecule has 0 aliphatic carbocycles. The number of carbonyl (C=O) groups excluding carboxylic acids is 1. The summed E-state index contributed by atoms with van der Waals surface area (Å²) in [5.74, 6) is 0.556. The second kappa shape index (κ2) is 10.9. The Morgan fingerprint density at radius 1 is 1.14 bits per heavy atom. The van der Waals surface area contributed by atoms with Crippen molar-refractivity contribution in [2.45, 2.75) is 44.8 Å². The molecule has 6 heteroatoms. The number of nitrogens with one attached hydrogen (secondary N) is 1. The van der Waals surface area contributed by atoms with E-state index in [0.717, 1.165) is 47.4 Å². The highest BCUT2D eigenvalue weighted by molar-refractivity contribution is 5.91. The number of hydrogen-bond acceptors (Lipinski definition) is 5. The number of esters is 1. The maximum absolute atomic E-state index is 13.8. The van der Waals surface area contributed by atoms with Crippen LogP contribution in [0.1, 0.15) is 64.3 Å². The average Bonchev–Trinajstić information content (AvgIpc) is 2.88. The Labute approximate surface area is 206 Å². The lowest BCUT2D eigenvalue weighted by Gasteiger charge is -2.33. The van der Waals surface area contributed by atoms with Gasteiger partial charge >= 0.3 is 5.97 Å². The first-order valence-corrected chi connectivity index (χ1v) is 11.9. The van der Waals surface area contributed by atoms with Gasteiger partial charge in [0.2, 0.25) is 0 Å². The molecule has 5 nitrogen and oxygen atoms in total. The highest BCUT2D eigenvalue weighted by Gasteiger charge is 2.30. The van der Waals surface area contributed by atoms with Crippen molar-refractivity contribution >= 4 is 5.97 Å². The minimum atomic E-state index is -0.366. The molecule has 1 N–H and O–H groups in total. The molecule has 0 aromatic heterocycles. The first-order valence-electron chi connectivity index (χ1n) is 11.9. The molecular formula is C29H32FNO4. The average molecular weight is 478 g/mol. The lowest BCUT2D eigenvalue weighted by Crippen LogP contribution is -2.31. The number of halogens is 1. The van der Waals surface area contributed by atoms with Gasteiger partial charge in [0.25, 0.3) is 0 Å². The standard InChI is InChI=1S/C29H32FNO4/c1-18-9-10-21(15-24(18)29(32)34-4)25-17-22(35-27-8-6-5-7-23(25)27)13-14-31-19(2)20-11-12-26(30)28(16-20)33-3/h5-12,15-16,19,22,25,31H,13-14,17H2,1-4H3/t19?,22-,25-/m0/s1. The smallest absolute Gasteiger partial charge is 0.338 e. The Hall–Kier alpha value is -3.38. The zero-order valence-electron chi connectivity index (χ0n) is 20.6.